The van der Waals surface area contributed by atoms with E-state index in [0.717, 1.165) is 31.5 Å². The van der Waals surface area contributed by atoms with E-state index in [2.05, 4.69) is 30.3 Å². The second-order valence-electron chi connectivity index (χ2n) is 6.48. The topological polar surface area (TPSA) is 46.3 Å². The third-order valence-corrected chi connectivity index (χ3v) is 5.57. The van der Waals surface area contributed by atoms with Crippen molar-refractivity contribution in [1.29, 1.82) is 0 Å². The molecule has 122 valence electrons. The summed E-state index contributed by atoms with van der Waals surface area (Å²) in [5.74, 6) is 0.497. The quantitative estimate of drug-likeness (QED) is 0.921. The number of rotatable bonds is 5. The van der Waals surface area contributed by atoms with Crippen LogP contribution in [-0.2, 0) is 10.2 Å². The van der Waals surface area contributed by atoms with Gasteiger partial charge in [0.25, 0.3) is 0 Å². The normalized spacial score (nSPS) is 23.5. The molecule has 3 nitrogen and oxygen atoms in total. The summed E-state index contributed by atoms with van der Waals surface area (Å²) in [6.07, 6.45) is 1.94. The van der Waals surface area contributed by atoms with Gasteiger partial charge in [-0.1, -0.05) is 42.5 Å². The summed E-state index contributed by atoms with van der Waals surface area (Å²) in [7, 11) is 0. The van der Waals surface area contributed by atoms with Gasteiger partial charge in [-0.25, -0.2) is 0 Å². The second-order valence-corrected chi connectivity index (χ2v) is 6.48. The molecule has 0 aromatic heterocycles. The zero-order chi connectivity index (χ0) is 16.4. The van der Waals surface area contributed by atoms with E-state index in [1.165, 1.54) is 10.8 Å². The Kier molecular flexibility index (Phi) is 4.40. The first-order valence-electron chi connectivity index (χ1n) is 8.66. The zero-order valence-electron chi connectivity index (χ0n) is 14.1. The maximum atomic E-state index is 13.3. The fourth-order valence-corrected chi connectivity index (χ4v) is 4.00. The summed E-state index contributed by atoms with van der Waals surface area (Å²) in [5.41, 5.74) is 6.72. The summed E-state index contributed by atoms with van der Waals surface area (Å²) in [6, 6.07) is 14.8. The highest BCUT2D eigenvalue weighted by atomic mass is 16.2. The van der Waals surface area contributed by atoms with Crippen molar-refractivity contribution in [1.82, 2.24) is 4.90 Å². The molecule has 0 saturated heterocycles. The Morgan fingerprint density at radius 3 is 2.43 bits per heavy atom. The Labute approximate surface area is 138 Å². The Hall–Kier alpha value is -1.87. The molecule has 0 radical (unpaired) electrons. The highest BCUT2D eigenvalue weighted by Gasteiger charge is 2.54. The van der Waals surface area contributed by atoms with Crippen LogP contribution in [-0.4, -0.2) is 30.4 Å². The molecule has 1 amide bonds. The summed E-state index contributed by atoms with van der Waals surface area (Å²) < 4.78 is 0. The number of carbonyl (C=O) groups is 1. The van der Waals surface area contributed by atoms with Gasteiger partial charge in [0, 0.05) is 13.1 Å². The molecule has 1 aliphatic rings. The van der Waals surface area contributed by atoms with Gasteiger partial charge in [0.15, 0.2) is 0 Å². The summed E-state index contributed by atoms with van der Waals surface area (Å²) in [5, 5.41) is 2.41. The second kappa shape index (κ2) is 6.32. The van der Waals surface area contributed by atoms with Crippen LogP contribution in [0.2, 0.25) is 0 Å². The highest BCUT2D eigenvalue weighted by Crippen LogP contribution is 2.50. The van der Waals surface area contributed by atoms with E-state index in [0.29, 0.717) is 6.54 Å². The van der Waals surface area contributed by atoms with Crippen molar-refractivity contribution >= 4 is 16.7 Å². The molecule has 1 aliphatic carbocycles. The molecule has 1 saturated carbocycles. The average Bonchev–Trinajstić information content (AvgIpc) is 2.56. The fourth-order valence-electron chi connectivity index (χ4n) is 4.00. The number of nitrogens with two attached hydrogens (primary N) is 1. The van der Waals surface area contributed by atoms with Crippen molar-refractivity contribution < 1.29 is 4.79 Å². The smallest absolute Gasteiger partial charge is 0.233 e. The molecule has 1 fully saturated rings. The van der Waals surface area contributed by atoms with Gasteiger partial charge in [0.1, 0.15) is 0 Å². The van der Waals surface area contributed by atoms with E-state index in [-0.39, 0.29) is 11.8 Å². The van der Waals surface area contributed by atoms with Gasteiger partial charge in [0.2, 0.25) is 5.91 Å². The standard InChI is InChI=1S/C20H26N2O/c1-3-22(4-2)19(23)20(12-11-18(20)14-21)17-10-9-15-7-5-6-8-16(15)13-17/h5-10,13,18H,3-4,11-12,14,21H2,1-2H3/t18-,20+/m0/s1. The van der Waals surface area contributed by atoms with E-state index >= 15 is 0 Å². The number of amides is 1. The van der Waals surface area contributed by atoms with Crippen LogP contribution in [0.5, 0.6) is 0 Å². The van der Waals surface area contributed by atoms with Gasteiger partial charge in [-0.3, -0.25) is 4.79 Å². The predicted octanol–water partition coefficient (Wildman–Crippen LogP) is 3.31. The molecule has 2 atom stereocenters. The number of hydrogen-bond donors (Lipinski definition) is 1. The van der Waals surface area contributed by atoms with Crippen LogP contribution in [0.25, 0.3) is 10.8 Å². The maximum Gasteiger partial charge on any atom is 0.233 e. The van der Waals surface area contributed by atoms with Gasteiger partial charge in [-0.15, -0.1) is 0 Å². The van der Waals surface area contributed by atoms with Gasteiger partial charge in [-0.2, -0.15) is 0 Å². The Balaban J connectivity index is 2.09. The third-order valence-electron chi connectivity index (χ3n) is 5.57. The summed E-state index contributed by atoms with van der Waals surface area (Å²) in [4.78, 5) is 15.2. The highest BCUT2D eigenvalue weighted by molar-refractivity contribution is 5.92. The number of nitrogens with zero attached hydrogens (tertiary/aromatic N) is 1. The molecule has 0 bridgehead atoms. The minimum atomic E-state index is -0.426. The molecule has 2 aromatic rings. The first-order chi connectivity index (χ1) is 11.2. The van der Waals surface area contributed by atoms with Gasteiger partial charge < -0.3 is 10.6 Å². The number of hydrogen-bond acceptors (Lipinski definition) is 2. The molecule has 0 unspecified atom stereocenters. The van der Waals surface area contributed by atoms with Crippen molar-refractivity contribution in [2.24, 2.45) is 11.7 Å². The minimum absolute atomic E-state index is 0.247. The van der Waals surface area contributed by atoms with Crippen molar-refractivity contribution in [2.75, 3.05) is 19.6 Å². The monoisotopic (exact) mass is 310 g/mol. The van der Waals surface area contributed by atoms with Crippen LogP contribution in [0.15, 0.2) is 42.5 Å². The number of likely N-dealkylation sites (N-methyl/N-ethyl adjacent to an activating group) is 1. The number of fused-ring (bicyclic) bond motifs is 1. The molecule has 2 N–H and O–H groups in total. The van der Waals surface area contributed by atoms with Crippen LogP contribution < -0.4 is 5.73 Å². The largest absolute Gasteiger partial charge is 0.342 e. The molecule has 23 heavy (non-hydrogen) atoms. The summed E-state index contributed by atoms with van der Waals surface area (Å²) >= 11 is 0. The van der Waals surface area contributed by atoms with Crippen molar-refractivity contribution in [3.05, 3.63) is 48.0 Å². The van der Waals surface area contributed by atoms with E-state index < -0.39 is 5.41 Å². The Morgan fingerprint density at radius 2 is 1.87 bits per heavy atom. The van der Waals surface area contributed by atoms with E-state index in [1.54, 1.807) is 0 Å². The molecule has 3 rings (SSSR count). The maximum absolute atomic E-state index is 13.3. The SMILES string of the molecule is CCN(CC)C(=O)[C@@]1(c2ccc3ccccc3c2)CC[C@H]1CN. The average molecular weight is 310 g/mol. The van der Waals surface area contributed by atoms with Crippen LogP contribution in [0.1, 0.15) is 32.3 Å². The first kappa shape index (κ1) is 16.0. The lowest BCUT2D eigenvalue weighted by molar-refractivity contribution is -0.144. The summed E-state index contributed by atoms with van der Waals surface area (Å²) in [6.45, 7) is 6.17. The number of carbonyl (C=O) groups excluding carboxylic acids is 1. The third kappa shape index (κ3) is 2.43. The van der Waals surface area contributed by atoms with Crippen molar-refractivity contribution in [2.45, 2.75) is 32.1 Å². The lowest BCUT2D eigenvalue weighted by Gasteiger charge is -2.50. The van der Waals surface area contributed by atoms with Crippen LogP contribution in [0, 0.1) is 5.92 Å². The number of benzene rings is 2. The van der Waals surface area contributed by atoms with Crippen LogP contribution >= 0.6 is 0 Å². The lowest BCUT2D eigenvalue weighted by Crippen LogP contribution is -2.58. The Bertz CT molecular complexity index is 706. The lowest BCUT2D eigenvalue weighted by atomic mass is 9.55. The first-order valence-corrected chi connectivity index (χ1v) is 8.66. The molecule has 2 aromatic carbocycles. The molecule has 0 aliphatic heterocycles. The molecular formula is C20H26N2O. The van der Waals surface area contributed by atoms with Crippen LogP contribution in [0.4, 0.5) is 0 Å². The van der Waals surface area contributed by atoms with E-state index in [9.17, 15) is 4.79 Å². The van der Waals surface area contributed by atoms with Crippen molar-refractivity contribution in [3.63, 3.8) is 0 Å². The van der Waals surface area contributed by atoms with Crippen LogP contribution in [0.3, 0.4) is 0 Å². The molecule has 0 heterocycles. The van der Waals surface area contributed by atoms with Crippen molar-refractivity contribution in [3.8, 4) is 0 Å². The van der Waals surface area contributed by atoms with E-state index in [4.69, 9.17) is 5.73 Å². The van der Waals surface area contributed by atoms with Gasteiger partial charge in [0.05, 0.1) is 5.41 Å². The van der Waals surface area contributed by atoms with Gasteiger partial charge in [-0.05, 0) is 55.5 Å². The fraction of sp³-hybridized carbons (Fsp3) is 0.450. The van der Waals surface area contributed by atoms with Gasteiger partial charge >= 0.3 is 0 Å². The van der Waals surface area contributed by atoms with E-state index in [1.807, 2.05) is 30.9 Å². The molecule has 3 heteroatoms. The zero-order valence-corrected chi connectivity index (χ0v) is 14.1. The minimum Gasteiger partial charge on any atom is -0.342 e. The molecule has 0 spiro atoms. The predicted molar refractivity (Wildman–Crippen MR) is 95.3 cm³/mol. The molecular weight excluding hydrogens is 284 g/mol. The Morgan fingerprint density at radius 1 is 1.17 bits per heavy atom.